The molecular weight excluding hydrogens is 318 g/mol. The Bertz CT molecular complexity index is 425. The molecule has 1 unspecified atom stereocenters. The zero-order chi connectivity index (χ0) is 13.7. The summed E-state index contributed by atoms with van der Waals surface area (Å²) in [6.45, 7) is 3.01. The molecule has 0 saturated carbocycles. The molecular formula is C13H17BrClNO2. The van der Waals surface area contributed by atoms with E-state index in [9.17, 15) is 4.79 Å². The molecule has 1 aromatic rings. The molecule has 0 N–H and O–H groups in total. The summed E-state index contributed by atoms with van der Waals surface area (Å²) in [5.41, 5.74) is 1.44. The van der Waals surface area contributed by atoms with Gasteiger partial charge in [-0.05, 0) is 18.6 Å². The minimum Gasteiger partial charge on any atom is -0.383 e. The van der Waals surface area contributed by atoms with E-state index in [0.29, 0.717) is 23.7 Å². The number of hydrogen-bond donors (Lipinski definition) is 0. The Kier molecular flexibility index (Phi) is 6.12. The lowest BCUT2D eigenvalue weighted by Gasteiger charge is -2.21. The highest BCUT2D eigenvalue weighted by Gasteiger charge is 2.18. The zero-order valence-electron chi connectivity index (χ0n) is 10.7. The van der Waals surface area contributed by atoms with E-state index in [1.54, 1.807) is 25.1 Å². The van der Waals surface area contributed by atoms with Crippen LogP contribution in [0.4, 0.5) is 0 Å². The smallest absolute Gasteiger partial charge is 0.255 e. The third-order valence-electron chi connectivity index (χ3n) is 2.59. The molecule has 0 aliphatic heterocycles. The van der Waals surface area contributed by atoms with Crippen molar-refractivity contribution in [2.45, 2.75) is 11.8 Å². The number of carbonyl (C=O) groups excluding carboxylic acids is 1. The van der Waals surface area contributed by atoms with Crippen LogP contribution in [0, 0.1) is 6.92 Å². The molecule has 0 bridgehead atoms. The van der Waals surface area contributed by atoms with Crippen LogP contribution in [0.2, 0.25) is 5.02 Å². The van der Waals surface area contributed by atoms with Gasteiger partial charge in [0.25, 0.3) is 5.91 Å². The van der Waals surface area contributed by atoms with Crippen molar-refractivity contribution in [2.24, 2.45) is 0 Å². The number of rotatable bonds is 5. The fraction of sp³-hybridized carbons (Fsp3) is 0.462. The largest absolute Gasteiger partial charge is 0.383 e. The summed E-state index contributed by atoms with van der Waals surface area (Å²) < 4.78 is 5.02. The molecule has 1 amide bonds. The number of amides is 1. The van der Waals surface area contributed by atoms with E-state index >= 15 is 0 Å². The summed E-state index contributed by atoms with van der Waals surface area (Å²) in [5.74, 6) is -0.0794. The van der Waals surface area contributed by atoms with Crippen molar-refractivity contribution in [1.82, 2.24) is 4.90 Å². The van der Waals surface area contributed by atoms with Crippen molar-refractivity contribution in [3.63, 3.8) is 0 Å². The number of hydrogen-bond acceptors (Lipinski definition) is 2. The van der Waals surface area contributed by atoms with Gasteiger partial charge in [0.1, 0.15) is 0 Å². The molecule has 3 nitrogen and oxygen atoms in total. The first-order valence-corrected chi connectivity index (χ1v) is 6.90. The van der Waals surface area contributed by atoms with Crippen LogP contribution in [0.5, 0.6) is 0 Å². The average molecular weight is 335 g/mol. The monoisotopic (exact) mass is 333 g/mol. The third kappa shape index (κ3) is 3.97. The van der Waals surface area contributed by atoms with E-state index in [1.807, 2.05) is 19.1 Å². The van der Waals surface area contributed by atoms with Crippen molar-refractivity contribution in [1.29, 1.82) is 0 Å². The third-order valence-corrected chi connectivity index (χ3v) is 3.64. The summed E-state index contributed by atoms with van der Waals surface area (Å²) in [5, 5.41) is 0.521. The number of benzene rings is 1. The maximum Gasteiger partial charge on any atom is 0.255 e. The minimum absolute atomic E-state index is 0.0794. The summed E-state index contributed by atoms with van der Waals surface area (Å²) in [4.78, 5) is 14.0. The fourth-order valence-electron chi connectivity index (χ4n) is 1.63. The number of methoxy groups -OCH3 is 1. The standard InChI is InChI=1S/C13H17BrClNO2/c1-9-5-4-6-11(12(9)15)13(17)16(2)7-10(14)8-18-3/h4-6,10H,7-8H2,1-3H3. The topological polar surface area (TPSA) is 29.5 Å². The average Bonchev–Trinajstić information content (AvgIpc) is 2.32. The summed E-state index contributed by atoms with van der Waals surface area (Å²) in [7, 11) is 3.39. The second kappa shape index (κ2) is 7.12. The van der Waals surface area contributed by atoms with E-state index < -0.39 is 0 Å². The minimum atomic E-state index is -0.0794. The Morgan fingerprint density at radius 1 is 1.56 bits per heavy atom. The Hall–Kier alpha value is -0.580. The molecule has 0 aliphatic rings. The SMILES string of the molecule is COCC(Br)CN(C)C(=O)c1cccc(C)c1Cl. The van der Waals surface area contributed by atoms with Gasteiger partial charge in [0.15, 0.2) is 0 Å². The highest BCUT2D eigenvalue weighted by Crippen LogP contribution is 2.21. The van der Waals surface area contributed by atoms with E-state index in [4.69, 9.17) is 16.3 Å². The van der Waals surface area contributed by atoms with Gasteiger partial charge in [-0.1, -0.05) is 39.7 Å². The normalized spacial score (nSPS) is 12.3. The van der Waals surface area contributed by atoms with Gasteiger partial charge < -0.3 is 9.64 Å². The van der Waals surface area contributed by atoms with Crippen molar-refractivity contribution in [3.05, 3.63) is 34.3 Å². The van der Waals surface area contributed by atoms with Crippen molar-refractivity contribution >= 4 is 33.4 Å². The lowest BCUT2D eigenvalue weighted by molar-refractivity contribution is 0.0784. The van der Waals surface area contributed by atoms with Crippen LogP contribution in [0.3, 0.4) is 0 Å². The Morgan fingerprint density at radius 2 is 2.22 bits per heavy atom. The van der Waals surface area contributed by atoms with Gasteiger partial charge in [0.05, 0.1) is 22.0 Å². The van der Waals surface area contributed by atoms with E-state index in [-0.39, 0.29) is 10.7 Å². The zero-order valence-corrected chi connectivity index (χ0v) is 13.1. The number of halogens is 2. The van der Waals surface area contributed by atoms with Crippen LogP contribution < -0.4 is 0 Å². The molecule has 5 heteroatoms. The van der Waals surface area contributed by atoms with Crippen LogP contribution >= 0.6 is 27.5 Å². The number of ether oxygens (including phenoxy) is 1. The van der Waals surface area contributed by atoms with Crippen LogP contribution in [0.15, 0.2) is 18.2 Å². The van der Waals surface area contributed by atoms with Crippen LogP contribution in [-0.2, 0) is 4.74 Å². The van der Waals surface area contributed by atoms with E-state index in [0.717, 1.165) is 5.56 Å². The lowest BCUT2D eigenvalue weighted by Crippen LogP contribution is -2.33. The molecule has 18 heavy (non-hydrogen) atoms. The van der Waals surface area contributed by atoms with Gasteiger partial charge in [0, 0.05) is 20.7 Å². The van der Waals surface area contributed by atoms with Gasteiger partial charge in [-0.3, -0.25) is 4.79 Å². The Labute approximate surface area is 121 Å². The molecule has 0 spiro atoms. The molecule has 0 heterocycles. The molecule has 0 aromatic heterocycles. The molecule has 0 saturated heterocycles. The number of alkyl halides is 1. The Balaban J connectivity index is 2.77. The molecule has 1 atom stereocenters. The van der Waals surface area contributed by atoms with Gasteiger partial charge in [0.2, 0.25) is 0 Å². The summed E-state index contributed by atoms with van der Waals surface area (Å²) >= 11 is 9.61. The number of nitrogens with zero attached hydrogens (tertiary/aromatic N) is 1. The summed E-state index contributed by atoms with van der Waals surface area (Å²) in [6, 6.07) is 5.47. The molecule has 1 rings (SSSR count). The van der Waals surface area contributed by atoms with Crippen molar-refractivity contribution in [3.8, 4) is 0 Å². The first-order chi connectivity index (χ1) is 8.47. The molecule has 0 aliphatic carbocycles. The van der Waals surface area contributed by atoms with Crippen LogP contribution in [0.25, 0.3) is 0 Å². The first kappa shape index (κ1) is 15.5. The molecule has 1 aromatic carbocycles. The Morgan fingerprint density at radius 3 is 2.83 bits per heavy atom. The maximum absolute atomic E-state index is 12.2. The lowest BCUT2D eigenvalue weighted by atomic mass is 10.1. The quantitative estimate of drug-likeness (QED) is 0.774. The fourth-order valence-corrected chi connectivity index (χ4v) is 2.54. The highest BCUT2D eigenvalue weighted by molar-refractivity contribution is 9.09. The van der Waals surface area contributed by atoms with Crippen LogP contribution in [0.1, 0.15) is 15.9 Å². The van der Waals surface area contributed by atoms with Crippen LogP contribution in [-0.4, -0.2) is 42.9 Å². The second-order valence-electron chi connectivity index (χ2n) is 4.17. The predicted molar refractivity (Wildman–Crippen MR) is 77.7 cm³/mol. The maximum atomic E-state index is 12.2. The van der Waals surface area contributed by atoms with Gasteiger partial charge in [-0.25, -0.2) is 0 Å². The van der Waals surface area contributed by atoms with Gasteiger partial charge >= 0.3 is 0 Å². The van der Waals surface area contributed by atoms with E-state index in [1.165, 1.54) is 0 Å². The summed E-state index contributed by atoms with van der Waals surface area (Å²) in [6.07, 6.45) is 0. The predicted octanol–water partition coefficient (Wildman–Crippen LogP) is 3.13. The number of carbonyl (C=O) groups is 1. The van der Waals surface area contributed by atoms with Gasteiger partial charge in [-0.15, -0.1) is 0 Å². The second-order valence-corrected chi connectivity index (χ2v) is 5.85. The molecule has 100 valence electrons. The molecule has 0 fully saturated rings. The number of aryl methyl sites for hydroxylation is 1. The molecule has 0 radical (unpaired) electrons. The first-order valence-electron chi connectivity index (χ1n) is 5.61. The van der Waals surface area contributed by atoms with E-state index in [2.05, 4.69) is 15.9 Å². The van der Waals surface area contributed by atoms with Gasteiger partial charge in [-0.2, -0.15) is 0 Å². The van der Waals surface area contributed by atoms with Crippen molar-refractivity contribution < 1.29 is 9.53 Å². The van der Waals surface area contributed by atoms with Crippen molar-refractivity contribution in [2.75, 3.05) is 27.3 Å². The highest BCUT2D eigenvalue weighted by atomic mass is 79.9.